The quantitative estimate of drug-likeness (QED) is 0.844. The number of nitrogens with one attached hydrogen (secondary N) is 1. The van der Waals surface area contributed by atoms with Crippen LogP contribution in [0.25, 0.3) is 0 Å². The summed E-state index contributed by atoms with van der Waals surface area (Å²) >= 11 is 0. The fourth-order valence-corrected chi connectivity index (χ4v) is 1.60. The second kappa shape index (κ2) is 4.17. The molecule has 1 aliphatic carbocycles. The van der Waals surface area contributed by atoms with Crippen LogP contribution >= 0.6 is 0 Å². The Hall–Kier alpha value is -1.32. The monoisotopic (exact) mass is 234 g/mol. The summed E-state index contributed by atoms with van der Waals surface area (Å²) in [6.45, 7) is 9.44. The van der Waals surface area contributed by atoms with E-state index in [1.807, 2.05) is 6.92 Å². The summed E-state index contributed by atoms with van der Waals surface area (Å²) < 4.78 is 0. The predicted molar refractivity (Wildman–Crippen MR) is 71.1 cm³/mol. The highest BCUT2D eigenvalue weighted by molar-refractivity contribution is 5.55. The van der Waals surface area contributed by atoms with Gasteiger partial charge < -0.3 is 11.1 Å². The van der Waals surface area contributed by atoms with Gasteiger partial charge in [-0.2, -0.15) is 0 Å². The maximum atomic E-state index is 5.94. The van der Waals surface area contributed by atoms with Crippen molar-refractivity contribution in [3.8, 4) is 0 Å². The van der Waals surface area contributed by atoms with Crippen molar-refractivity contribution in [1.82, 2.24) is 9.97 Å². The van der Waals surface area contributed by atoms with Crippen LogP contribution in [0.3, 0.4) is 0 Å². The minimum Gasteiger partial charge on any atom is -0.383 e. The Labute approximate surface area is 103 Å². The van der Waals surface area contributed by atoms with Crippen molar-refractivity contribution < 1.29 is 0 Å². The molecule has 1 aliphatic rings. The van der Waals surface area contributed by atoms with Gasteiger partial charge in [0.1, 0.15) is 17.5 Å². The third kappa shape index (κ3) is 3.08. The van der Waals surface area contributed by atoms with E-state index in [4.69, 9.17) is 5.73 Å². The number of rotatable bonds is 3. The summed E-state index contributed by atoms with van der Waals surface area (Å²) in [5.41, 5.74) is 7.12. The van der Waals surface area contributed by atoms with Crippen LogP contribution in [-0.4, -0.2) is 16.5 Å². The van der Waals surface area contributed by atoms with Crippen molar-refractivity contribution in [3.05, 3.63) is 11.4 Å². The lowest BCUT2D eigenvalue weighted by Gasteiger charge is -2.20. The number of hydrogen-bond acceptors (Lipinski definition) is 4. The van der Waals surface area contributed by atoms with E-state index in [9.17, 15) is 0 Å². The van der Waals surface area contributed by atoms with Crippen LogP contribution in [0.5, 0.6) is 0 Å². The first-order valence-corrected chi connectivity index (χ1v) is 6.25. The molecule has 4 heteroatoms. The normalized spacial score (nSPS) is 16.0. The second-order valence-corrected chi connectivity index (χ2v) is 6.13. The van der Waals surface area contributed by atoms with Gasteiger partial charge in [-0.3, -0.25) is 0 Å². The zero-order valence-corrected chi connectivity index (χ0v) is 11.2. The van der Waals surface area contributed by atoms with Crippen LogP contribution in [-0.2, 0) is 0 Å². The molecule has 0 spiro atoms. The molecule has 17 heavy (non-hydrogen) atoms. The third-order valence-corrected chi connectivity index (χ3v) is 2.93. The molecular formula is C13H22N4. The molecule has 1 fully saturated rings. The molecule has 94 valence electrons. The van der Waals surface area contributed by atoms with Crippen LogP contribution in [0.1, 0.15) is 50.9 Å². The summed E-state index contributed by atoms with van der Waals surface area (Å²) in [4.78, 5) is 8.96. The van der Waals surface area contributed by atoms with Crippen LogP contribution in [0.4, 0.5) is 11.6 Å². The molecule has 1 saturated carbocycles. The Kier molecular flexibility index (Phi) is 2.98. The number of hydrogen-bond donors (Lipinski definition) is 2. The summed E-state index contributed by atoms with van der Waals surface area (Å²) in [7, 11) is 0. The molecule has 0 aliphatic heterocycles. The molecular weight excluding hydrogens is 212 g/mol. The van der Waals surface area contributed by atoms with E-state index < -0.39 is 0 Å². The minimum atomic E-state index is 0.228. The fourth-order valence-electron chi connectivity index (χ4n) is 1.60. The second-order valence-electron chi connectivity index (χ2n) is 6.13. The summed E-state index contributed by atoms with van der Waals surface area (Å²) in [5, 5.41) is 3.39. The van der Waals surface area contributed by atoms with Crippen molar-refractivity contribution in [2.75, 3.05) is 17.6 Å². The molecule has 2 rings (SSSR count). The number of nitrogens with zero attached hydrogens (tertiary/aromatic N) is 2. The van der Waals surface area contributed by atoms with Gasteiger partial charge in [0.25, 0.3) is 0 Å². The van der Waals surface area contributed by atoms with Crippen molar-refractivity contribution in [1.29, 1.82) is 0 Å². The highest BCUT2D eigenvalue weighted by Gasteiger charge is 2.28. The van der Waals surface area contributed by atoms with Gasteiger partial charge in [0.2, 0.25) is 0 Å². The first-order valence-electron chi connectivity index (χ1n) is 6.25. The Morgan fingerprint density at radius 1 is 1.29 bits per heavy atom. The van der Waals surface area contributed by atoms with Crippen LogP contribution in [0, 0.1) is 12.3 Å². The molecule has 4 nitrogen and oxygen atoms in total. The van der Waals surface area contributed by atoms with E-state index in [0.717, 1.165) is 23.8 Å². The number of aromatic nitrogens is 2. The Bertz CT molecular complexity index is 416. The smallest absolute Gasteiger partial charge is 0.136 e. The SMILES string of the molecule is Cc1c(N)nc(C2CC2)nc1NCC(C)(C)C. The molecule has 1 aromatic rings. The number of nitrogens with two attached hydrogens (primary N) is 1. The molecule has 3 N–H and O–H groups in total. The van der Waals surface area contributed by atoms with Crippen molar-refractivity contribution in [3.63, 3.8) is 0 Å². The van der Waals surface area contributed by atoms with E-state index >= 15 is 0 Å². The van der Waals surface area contributed by atoms with Gasteiger partial charge in [0.15, 0.2) is 0 Å². The lowest BCUT2D eigenvalue weighted by molar-refractivity contribution is 0.442. The molecule has 0 unspecified atom stereocenters. The van der Waals surface area contributed by atoms with Gasteiger partial charge in [-0.1, -0.05) is 20.8 Å². The van der Waals surface area contributed by atoms with Crippen LogP contribution in [0.15, 0.2) is 0 Å². The van der Waals surface area contributed by atoms with Gasteiger partial charge in [-0.15, -0.1) is 0 Å². The molecule has 0 aromatic carbocycles. The predicted octanol–water partition coefficient (Wildman–Crippen LogP) is 2.70. The molecule has 0 bridgehead atoms. The van der Waals surface area contributed by atoms with E-state index in [1.165, 1.54) is 12.8 Å². The molecule has 0 radical (unpaired) electrons. The van der Waals surface area contributed by atoms with Gasteiger partial charge in [0.05, 0.1) is 0 Å². The van der Waals surface area contributed by atoms with E-state index in [2.05, 4.69) is 36.1 Å². The largest absolute Gasteiger partial charge is 0.383 e. The first-order chi connectivity index (χ1) is 7.87. The third-order valence-electron chi connectivity index (χ3n) is 2.93. The van der Waals surface area contributed by atoms with Crippen LogP contribution in [0.2, 0.25) is 0 Å². The molecule has 0 amide bonds. The summed E-state index contributed by atoms with van der Waals surface area (Å²) in [6, 6.07) is 0. The zero-order valence-electron chi connectivity index (χ0n) is 11.2. The average Bonchev–Trinajstić information content (AvgIpc) is 3.02. The van der Waals surface area contributed by atoms with Crippen molar-refractivity contribution in [2.24, 2.45) is 5.41 Å². The van der Waals surface area contributed by atoms with Gasteiger partial charge >= 0.3 is 0 Å². The average molecular weight is 234 g/mol. The molecule has 1 heterocycles. The Morgan fingerprint density at radius 3 is 2.47 bits per heavy atom. The first kappa shape index (κ1) is 12.1. The number of nitrogen functional groups attached to an aromatic ring is 1. The standard InChI is InChI=1S/C13H22N4/c1-8-10(14)16-12(9-5-6-9)17-11(8)15-7-13(2,3)4/h9H,5-7H2,1-4H3,(H3,14,15,16,17). The topological polar surface area (TPSA) is 63.8 Å². The van der Waals surface area contributed by atoms with E-state index in [-0.39, 0.29) is 5.41 Å². The van der Waals surface area contributed by atoms with Crippen molar-refractivity contribution >= 4 is 11.6 Å². The molecule has 0 atom stereocenters. The summed E-state index contributed by atoms with van der Waals surface area (Å²) in [5.74, 6) is 2.95. The maximum absolute atomic E-state index is 5.94. The highest BCUT2D eigenvalue weighted by Crippen LogP contribution is 2.39. The van der Waals surface area contributed by atoms with Gasteiger partial charge in [-0.25, -0.2) is 9.97 Å². The fraction of sp³-hybridized carbons (Fsp3) is 0.692. The molecule has 0 saturated heterocycles. The van der Waals surface area contributed by atoms with Crippen molar-refractivity contribution in [2.45, 2.75) is 46.5 Å². The highest BCUT2D eigenvalue weighted by atomic mass is 15.1. The number of anilines is 2. The van der Waals surface area contributed by atoms with Gasteiger partial charge in [-0.05, 0) is 25.2 Å². The lowest BCUT2D eigenvalue weighted by Crippen LogP contribution is -2.21. The lowest BCUT2D eigenvalue weighted by atomic mass is 9.97. The van der Waals surface area contributed by atoms with E-state index in [1.54, 1.807) is 0 Å². The minimum absolute atomic E-state index is 0.228. The van der Waals surface area contributed by atoms with E-state index in [0.29, 0.717) is 11.7 Å². The Morgan fingerprint density at radius 2 is 1.94 bits per heavy atom. The van der Waals surface area contributed by atoms with Gasteiger partial charge in [0, 0.05) is 18.0 Å². The zero-order chi connectivity index (χ0) is 12.6. The van der Waals surface area contributed by atoms with Crippen LogP contribution < -0.4 is 11.1 Å². The maximum Gasteiger partial charge on any atom is 0.136 e. The summed E-state index contributed by atoms with van der Waals surface area (Å²) in [6.07, 6.45) is 2.39. The Balaban J connectivity index is 2.19. The molecule has 1 aromatic heterocycles.